The summed E-state index contributed by atoms with van der Waals surface area (Å²) in [5.41, 5.74) is 2.17. The van der Waals surface area contributed by atoms with Gasteiger partial charge in [-0.3, -0.25) is 4.79 Å². The highest BCUT2D eigenvalue weighted by Gasteiger charge is 2.16. The van der Waals surface area contributed by atoms with E-state index in [1.54, 1.807) is 30.3 Å². The highest BCUT2D eigenvalue weighted by molar-refractivity contribution is 6.31. The molecule has 3 rings (SSSR count). The third-order valence-electron chi connectivity index (χ3n) is 4.10. The van der Waals surface area contributed by atoms with E-state index in [9.17, 15) is 13.6 Å². The molecule has 0 aliphatic carbocycles. The van der Waals surface area contributed by atoms with E-state index in [1.807, 2.05) is 6.07 Å². The number of nitrogens with zero attached hydrogens (tertiary/aromatic N) is 1. The Morgan fingerprint density at radius 3 is 2.57 bits per heavy atom. The number of morpholine rings is 1. The largest absolute Gasteiger partial charge is 0.435 e. The van der Waals surface area contributed by atoms with Gasteiger partial charge in [-0.05, 0) is 42.0 Å². The van der Waals surface area contributed by atoms with Gasteiger partial charge in [0, 0.05) is 24.2 Å². The van der Waals surface area contributed by atoms with Gasteiger partial charge >= 0.3 is 6.61 Å². The highest BCUT2D eigenvalue weighted by atomic mass is 35.5. The molecule has 0 unspecified atom stereocenters. The molecule has 148 valence electrons. The van der Waals surface area contributed by atoms with E-state index in [-0.39, 0.29) is 11.7 Å². The molecule has 1 fully saturated rings. The molecule has 2 aromatic carbocycles. The normalized spacial score (nSPS) is 14.5. The van der Waals surface area contributed by atoms with Gasteiger partial charge in [-0.1, -0.05) is 23.7 Å². The lowest BCUT2D eigenvalue weighted by Crippen LogP contribution is -2.36. The summed E-state index contributed by atoms with van der Waals surface area (Å²) in [6, 6.07) is 11.3. The molecule has 0 saturated carbocycles. The first kappa shape index (κ1) is 20.1. The molecule has 2 aromatic rings. The molecule has 28 heavy (non-hydrogen) atoms. The van der Waals surface area contributed by atoms with Gasteiger partial charge in [-0.2, -0.15) is 8.78 Å². The van der Waals surface area contributed by atoms with Crippen LogP contribution in [0.2, 0.25) is 5.02 Å². The van der Waals surface area contributed by atoms with Crippen molar-refractivity contribution in [3.8, 4) is 5.75 Å². The summed E-state index contributed by atoms with van der Waals surface area (Å²) in [6.07, 6.45) is 2.95. The van der Waals surface area contributed by atoms with Crippen molar-refractivity contribution in [3.63, 3.8) is 0 Å². The molecule has 5 nitrogen and oxygen atoms in total. The standard InChI is InChI=1S/C20H19ClF2N2O3/c21-15-4-7-18(25-9-11-27-12-10-25)17(13-15)24-19(26)8-3-14-1-5-16(6-2-14)28-20(22)23/h1-8,13,20H,9-12H2,(H,24,26)/b8-3+. The van der Waals surface area contributed by atoms with Crippen LogP contribution in [0.15, 0.2) is 48.5 Å². The Labute approximate surface area is 166 Å². The lowest BCUT2D eigenvalue weighted by molar-refractivity contribution is -0.111. The first-order valence-electron chi connectivity index (χ1n) is 8.67. The van der Waals surface area contributed by atoms with Gasteiger partial charge in [-0.15, -0.1) is 0 Å². The quantitative estimate of drug-likeness (QED) is 0.718. The third-order valence-corrected chi connectivity index (χ3v) is 4.34. The van der Waals surface area contributed by atoms with Crippen LogP contribution in [0.1, 0.15) is 5.56 Å². The maximum atomic E-state index is 12.3. The maximum absolute atomic E-state index is 12.3. The zero-order valence-electron chi connectivity index (χ0n) is 14.9. The number of ether oxygens (including phenoxy) is 2. The lowest BCUT2D eigenvalue weighted by atomic mass is 10.2. The molecule has 0 bridgehead atoms. The SMILES string of the molecule is O=C(/C=C/c1ccc(OC(F)F)cc1)Nc1cc(Cl)ccc1N1CCOCC1. The van der Waals surface area contributed by atoms with Crippen LogP contribution in [-0.2, 0) is 9.53 Å². The molecule has 1 amide bonds. The third kappa shape index (κ3) is 5.68. The summed E-state index contributed by atoms with van der Waals surface area (Å²) in [5, 5.41) is 3.36. The molecule has 1 aliphatic heterocycles. The minimum Gasteiger partial charge on any atom is -0.435 e. The minimum atomic E-state index is -2.87. The molecule has 1 N–H and O–H groups in total. The molecule has 1 aliphatic rings. The van der Waals surface area contributed by atoms with E-state index in [0.29, 0.717) is 29.5 Å². The van der Waals surface area contributed by atoms with Crippen molar-refractivity contribution in [2.24, 2.45) is 0 Å². The van der Waals surface area contributed by atoms with Crippen LogP contribution >= 0.6 is 11.6 Å². The molecule has 8 heteroatoms. The number of carbonyl (C=O) groups excluding carboxylic acids is 1. The molecule has 0 spiro atoms. The number of rotatable bonds is 6. The summed E-state index contributed by atoms with van der Waals surface area (Å²) < 4.78 is 34.0. The van der Waals surface area contributed by atoms with E-state index in [0.717, 1.165) is 18.8 Å². The fraction of sp³-hybridized carbons (Fsp3) is 0.250. The molecule has 1 saturated heterocycles. The molecule has 0 aromatic heterocycles. The van der Waals surface area contributed by atoms with Gasteiger partial charge in [-0.25, -0.2) is 0 Å². The Morgan fingerprint density at radius 2 is 1.89 bits per heavy atom. The van der Waals surface area contributed by atoms with Gasteiger partial charge in [0.2, 0.25) is 5.91 Å². The predicted octanol–water partition coefficient (Wildman–Crippen LogP) is 4.43. The van der Waals surface area contributed by atoms with Crippen molar-refractivity contribution < 1.29 is 23.0 Å². The van der Waals surface area contributed by atoms with Crippen LogP contribution < -0.4 is 15.0 Å². The minimum absolute atomic E-state index is 0.0608. The zero-order valence-corrected chi connectivity index (χ0v) is 15.7. The maximum Gasteiger partial charge on any atom is 0.387 e. The second-order valence-corrected chi connectivity index (χ2v) is 6.47. The number of halogens is 3. The van der Waals surface area contributed by atoms with Crippen LogP contribution in [0.5, 0.6) is 5.75 Å². The Kier molecular flexibility index (Phi) is 6.84. The van der Waals surface area contributed by atoms with Gasteiger partial charge in [0.15, 0.2) is 0 Å². The van der Waals surface area contributed by atoms with Crippen LogP contribution in [0.3, 0.4) is 0 Å². The first-order valence-corrected chi connectivity index (χ1v) is 9.05. The Balaban J connectivity index is 1.67. The van der Waals surface area contributed by atoms with E-state index in [2.05, 4.69) is 15.0 Å². The first-order chi connectivity index (χ1) is 13.5. The molecular weight excluding hydrogens is 390 g/mol. The summed E-state index contributed by atoms with van der Waals surface area (Å²) >= 11 is 6.09. The van der Waals surface area contributed by atoms with Gasteiger partial charge in [0.05, 0.1) is 24.6 Å². The van der Waals surface area contributed by atoms with Crippen LogP contribution in [0.25, 0.3) is 6.08 Å². The van der Waals surface area contributed by atoms with Crippen LogP contribution in [0, 0.1) is 0 Å². The fourth-order valence-electron chi connectivity index (χ4n) is 2.80. The summed E-state index contributed by atoms with van der Waals surface area (Å²) in [5.74, 6) is -0.268. The van der Waals surface area contributed by atoms with Crippen molar-refractivity contribution in [1.82, 2.24) is 0 Å². The number of hydrogen-bond acceptors (Lipinski definition) is 4. The zero-order chi connectivity index (χ0) is 19.9. The number of hydrogen-bond donors (Lipinski definition) is 1. The highest BCUT2D eigenvalue weighted by Crippen LogP contribution is 2.30. The van der Waals surface area contributed by atoms with Crippen molar-refractivity contribution in [2.75, 3.05) is 36.5 Å². The molecule has 0 atom stereocenters. The summed E-state index contributed by atoms with van der Waals surface area (Å²) in [7, 11) is 0. The molecular formula is C20H19ClF2N2O3. The van der Waals surface area contributed by atoms with Crippen molar-refractivity contribution in [2.45, 2.75) is 6.61 Å². The van der Waals surface area contributed by atoms with E-state index in [4.69, 9.17) is 16.3 Å². The van der Waals surface area contributed by atoms with Crippen molar-refractivity contribution >= 4 is 35.0 Å². The van der Waals surface area contributed by atoms with Crippen LogP contribution in [-0.4, -0.2) is 38.8 Å². The number of benzene rings is 2. The van der Waals surface area contributed by atoms with Gasteiger partial charge < -0.3 is 19.7 Å². The number of anilines is 2. The number of amides is 1. The predicted molar refractivity (Wildman–Crippen MR) is 105 cm³/mol. The summed E-state index contributed by atoms with van der Waals surface area (Å²) in [4.78, 5) is 14.5. The van der Waals surface area contributed by atoms with E-state index in [1.165, 1.54) is 18.2 Å². The molecule has 1 heterocycles. The Morgan fingerprint density at radius 1 is 1.18 bits per heavy atom. The Bertz CT molecular complexity index is 838. The fourth-order valence-corrected chi connectivity index (χ4v) is 2.97. The van der Waals surface area contributed by atoms with Crippen molar-refractivity contribution in [1.29, 1.82) is 0 Å². The van der Waals surface area contributed by atoms with Gasteiger partial charge in [0.25, 0.3) is 0 Å². The number of nitrogens with one attached hydrogen (secondary N) is 1. The van der Waals surface area contributed by atoms with E-state index < -0.39 is 6.61 Å². The van der Waals surface area contributed by atoms with Crippen LogP contribution in [0.4, 0.5) is 20.2 Å². The average Bonchev–Trinajstić information content (AvgIpc) is 2.68. The number of alkyl halides is 2. The van der Waals surface area contributed by atoms with Crippen molar-refractivity contribution in [3.05, 3.63) is 59.1 Å². The second kappa shape index (κ2) is 9.52. The monoisotopic (exact) mass is 408 g/mol. The average molecular weight is 409 g/mol. The molecule has 0 radical (unpaired) electrons. The smallest absolute Gasteiger partial charge is 0.387 e. The summed E-state index contributed by atoms with van der Waals surface area (Å²) in [6.45, 7) is -0.158. The number of carbonyl (C=O) groups is 1. The second-order valence-electron chi connectivity index (χ2n) is 6.03. The van der Waals surface area contributed by atoms with Gasteiger partial charge in [0.1, 0.15) is 5.75 Å². The Hall–Kier alpha value is -2.64. The lowest BCUT2D eigenvalue weighted by Gasteiger charge is -2.30. The topological polar surface area (TPSA) is 50.8 Å². The van der Waals surface area contributed by atoms with E-state index >= 15 is 0 Å².